The third-order valence-corrected chi connectivity index (χ3v) is 4.41. The number of halogens is 1. The zero-order valence-corrected chi connectivity index (χ0v) is 12.0. The smallest absolute Gasteiger partial charge is 0.274 e. The van der Waals surface area contributed by atoms with Gasteiger partial charge in [0.15, 0.2) is 0 Å². The van der Waals surface area contributed by atoms with Crippen molar-refractivity contribution >= 4 is 17.3 Å². The number of hydrogen-bond acceptors (Lipinski definition) is 3. The predicted octanol–water partition coefficient (Wildman–Crippen LogP) is 3.70. The molecular formula is C16H14ClNO3. The Labute approximate surface area is 127 Å². The zero-order chi connectivity index (χ0) is 15.0. The molecule has 0 bridgehead atoms. The summed E-state index contributed by atoms with van der Waals surface area (Å²) in [5.74, 6) is -0.0824. The molecule has 3 rings (SSSR count). The highest BCUT2D eigenvalue weighted by molar-refractivity contribution is 6.31. The van der Waals surface area contributed by atoms with Gasteiger partial charge in [-0.25, -0.2) is 0 Å². The number of aliphatic hydroxyl groups is 1. The molecule has 4 nitrogen and oxygen atoms in total. The lowest BCUT2D eigenvalue weighted by molar-refractivity contribution is -0.385. The Morgan fingerprint density at radius 1 is 1.24 bits per heavy atom. The maximum absolute atomic E-state index is 11.1. The molecule has 2 aromatic carbocycles. The molecule has 0 saturated heterocycles. The number of nitro groups is 1. The highest BCUT2D eigenvalue weighted by atomic mass is 35.5. The maximum atomic E-state index is 11.1. The number of rotatable bonds is 3. The van der Waals surface area contributed by atoms with Gasteiger partial charge in [-0.05, 0) is 36.0 Å². The van der Waals surface area contributed by atoms with Crippen molar-refractivity contribution in [1.29, 1.82) is 0 Å². The van der Waals surface area contributed by atoms with Crippen LogP contribution in [0.2, 0.25) is 5.02 Å². The Bertz CT molecular complexity index is 702. The average molecular weight is 304 g/mol. The van der Waals surface area contributed by atoms with E-state index in [1.165, 1.54) is 6.07 Å². The molecule has 0 radical (unpaired) electrons. The highest BCUT2D eigenvalue weighted by Gasteiger charge is 2.32. The molecule has 0 aliphatic heterocycles. The molecule has 1 N–H and O–H groups in total. The van der Waals surface area contributed by atoms with Gasteiger partial charge in [0.05, 0.1) is 16.0 Å². The number of hydrogen-bond donors (Lipinski definition) is 1. The number of benzene rings is 2. The molecule has 0 amide bonds. The highest BCUT2D eigenvalue weighted by Crippen LogP contribution is 2.40. The molecule has 21 heavy (non-hydrogen) atoms. The normalized spacial score (nSPS) is 20.3. The molecule has 0 fully saturated rings. The average Bonchev–Trinajstić information content (AvgIpc) is 2.78. The van der Waals surface area contributed by atoms with Gasteiger partial charge < -0.3 is 5.11 Å². The van der Waals surface area contributed by atoms with Gasteiger partial charge in [0.2, 0.25) is 0 Å². The van der Waals surface area contributed by atoms with Crippen molar-refractivity contribution < 1.29 is 10.0 Å². The minimum Gasteiger partial charge on any atom is -0.388 e. The van der Waals surface area contributed by atoms with Gasteiger partial charge in [-0.1, -0.05) is 41.9 Å². The van der Waals surface area contributed by atoms with Crippen molar-refractivity contribution in [3.8, 4) is 0 Å². The second-order valence-electron chi connectivity index (χ2n) is 5.31. The van der Waals surface area contributed by atoms with Crippen LogP contribution in [0.3, 0.4) is 0 Å². The van der Waals surface area contributed by atoms with Gasteiger partial charge in [0, 0.05) is 11.6 Å². The summed E-state index contributed by atoms with van der Waals surface area (Å²) in [5.41, 5.74) is 2.54. The lowest BCUT2D eigenvalue weighted by atomic mass is 9.93. The fraction of sp³-hybridized carbons (Fsp3) is 0.250. The van der Waals surface area contributed by atoms with E-state index in [4.69, 9.17) is 11.6 Å². The van der Waals surface area contributed by atoms with Gasteiger partial charge in [0.25, 0.3) is 5.69 Å². The van der Waals surface area contributed by atoms with E-state index in [-0.39, 0.29) is 11.6 Å². The van der Waals surface area contributed by atoms with Crippen molar-refractivity contribution in [3.05, 3.63) is 74.3 Å². The van der Waals surface area contributed by atoms with E-state index in [0.717, 1.165) is 11.1 Å². The van der Waals surface area contributed by atoms with E-state index in [0.29, 0.717) is 23.4 Å². The van der Waals surface area contributed by atoms with Crippen LogP contribution in [0.5, 0.6) is 0 Å². The second kappa shape index (κ2) is 5.47. The topological polar surface area (TPSA) is 63.4 Å². The van der Waals surface area contributed by atoms with Crippen molar-refractivity contribution in [1.82, 2.24) is 0 Å². The maximum Gasteiger partial charge on any atom is 0.274 e. The minimum atomic E-state index is -0.600. The van der Waals surface area contributed by atoms with Crippen LogP contribution < -0.4 is 0 Å². The van der Waals surface area contributed by atoms with Crippen LogP contribution in [-0.4, -0.2) is 10.0 Å². The van der Waals surface area contributed by atoms with Crippen molar-refractivity contribution in [2.75, 3.05) is 0 Å². The monoisotopic (exact) mass is 303 g/mol. The first-order chi connectivity index (χ1) is 10.1. The molecule has 1 aliphatic carbocycles. The molecule has 2 atom stereocenters. The Morgan fingerprint density at radius 3 is 2.71 bits per heavy atom. The summed E-state index contributed by atoms with van der Waals surface area (Å²) in [5, 5.41) is 21.9. The van der Waals surface area contributed by atoms with Gasteiger partial charge in [-0.15, -0.1) is 0 Å². The summed E-state index contributed by atoms with van der Waals surface area (Å²) in [4.78, 5) is 10.7. The van der Waals surface area contributed by atoms with Gasteiger partial charge >= 0.3 is 0 Å². The third kappa shape index (κ3) is 2.52. The Balaban J connectivity index is 1.91. The SMILES string of the molecule is O=[N+]([O-])c1cccc(Cl)c1CC1Cc2ccccc2C1O. The standard InChI is InChI=1S/C16H14ClNO3/c17-14-6-3-7-15(18(20)21)13(14)9-11-8-10-4-1-2-5-12(10)16(11)19/h1-7,11,16,19H,8-9H2. The van der Waals surface area contributed by atoms with Crippen LogP contribution >= 0.6 is 11.6 Å². The van der Waals surface area contributed by atoms with Crippen molar-refractivity contribution in [2.45, 2.75) is 18.9 Å². The third-order valence-electron chi connectivity index (χ3n) is 4.06. The Morgan fingerprint density at radius 2 is 2.00 bits per heavy atom. The Kier molecular flexibility index (Phi) is 3.66. The van der Waals surface area contributed by atoms with Crippen LogP contribution in [0.1, 0.15) is 22.8 Å². The van der Waals surface area contributed by atoms with E-state index >= 15 is 0 Å². The predicted molar refractivity (Wildman–Crippen MR) is 80.4 cm³/mol. The first-order valence-corrected chi connectivity index (χ1v) is 7.13. The van der Waals surface area contributed by atoms with Crippen LogP contribution in [0.4, 0.5) is 5.69 Å². The minimum absolute atomic E-state index is 0.0191. The molecule has 0 spiro atoms. The molecule has 5 heteroatoms. The first kappa shape index (κ1) is 14.0. The van der Waals surface area contributed by atoms with Gasteiger partial charge in [0.1, 0.15) is 0 Å². The fourth-order valence-electron chi connectivity index (χ4n) is 3.02. The van der Waals surface area contributed by atoms with Gasteiger partial charge in [-0.2, -0.15) is 0 Å². The summed E-state index contributed by atoms with van der Waals surface area (Å²) in [7, 11) is 0. The summed E-state index contributed by atoms with van der Waals surface area (Å²) < 4.78 is 0. The van der Waals surface area contributed by atoms with E-state index in [1.807, 2.05) is 24.3 Å². The molecule has 0 heterocycles. The summed E-state index contributed by atoms with van der Waals surface area (Å²) in [6.45, 7) is 0. The summed E-state index contributed by atoms with van der Waals surface area (Å²) in [6, 6.07) is 12.4. The van der Waals surface area contributed by atoms with Crippen LogP contribution in [0.25, 0.3) is 0 Å². The molecular weight excluding hydrogens is 290 g/mol. The largest absolute Gasteiger partial charge is 0.388 e. The van der Waals surface area contributed by atoms with Crippen molar-refractivity contribution in [2.24, 2.45) is 5.92 Å². The molecule has 108 valence electrons. The lowest BCUT2D eigenvalue weighted by Crippen LogP contribution is -2.12. The van der Waals surface area contributed by atoms with E-state index in [2.05, 4.69) is 0 Å². The van der Waals surface area contributed by atoms with E-state index in [1.54, 1.807) is 12.1 Å². The van der Waals surface area contributed by atoms with Crippen LogP contribution in [0.15, 0.2) is 42.5 Å². The number of nitrogens with zero attached hydrogens (tertiary/aromatic N) is 1. The Hall–Kier alpha value is -1.91. The van der Waals surface area contributed by atoms with Crippen LogP contribution in [-0.2, 0) is 12.8 Å². The zero-order valence-electron chi connectivity index (χ0n) is 11.2. The quantitative estimate of drug-likeness (QED) is 0.694. The van der Waals surface area contributed by atoms with Gasteiger partial charge in [-0.3, -0.25) is 10.1 Å². The fourth-order valence-corrected chi connectivity index (χ4v) is 3.27. The van der Waals surface area contributed by atoms with Crippen molar-refractivity contribution in [3.63, 3.8) is 0 Å². The lowest BCUT2D eigenvalue weighted by Gasteiger charge is -2.16. The number of aliphatic hydroxyl groups excluding tert-OH is 1. The van der Waals surface area contributed by atoms with E-state index in [9.17, 15) is 15.2 Å². The molecule has 0 saturated carbocycles. The molecule has 2 aromatic rings. The first-order valence-electron chi connectivity index (χ1n) is 6.75. The number of fused-ring (bicyclic) bond motifs is 1. The second-order valence-corrected chi connectivity index (χ2v) is 5.71. The number of nitro benzene ring substituents is 1. The molecule has 0 aromatic heterocycles. The molecule has 2 unspecified atom stereocenters. The summed E-state index contributed by atoms with van der Waals surface area (Å²) >= 11 is 6.12. The summed E-state index contributed by atoms with van der Waals surface area (Å²) in [6.07, 6.45) is 0.503. The molecule has 1 aliphatic rings. The van der Waals surface area contributed by atoms with E-state index < -0.39 is 11.0 Å². The van der Waals surface area contributed by atoms with Crippen LogP contribution in [0, 0.1) is 16.0 Å².